The summed E-state index contributed by atoms with van der Waals surface area (Å²) in [6.07, 6.45) is 2.82. The van der Waals surface area contributed by atoms with Gasteiger partial charge in [-0.2, -0.15) is 0 Å². The number of hydrogen-bond acceptors (Lipinski definition) is 2. The molecular weight excluding hydrogens is 212 g/mol. The largest absolute Gasteiger partial charge is 0.352 e. The fourth-order valence-electron chi connectivity index (χ4n) is 1.64. The number of benzene rings is 1. The summed E-state index contributed by atoms with van der Waals surface area (Å²) in [5.74, 6) is 0.0944. The maximum absolute atomic E-state index is 11.4. The van der Waals surface area contributed by atoms with Crippen molar-refractivity contribution >= 4 is 5.91 Å². The molecule has 17 heavy (non-hydrogen) atoms. The Morgan fingerprint density at radius 3 is 2.41 bits per heavy atom. The fourth-order valence-corrected chi connectivity index (χ4v) is 1.64. The van der Waals surface area contributed by atoms with Crippen LogP contribution in [0.25, 0.3) is 0 Å². The summed E-state index contributed by atoms with van der Waals surface area (Å²) < 4.78 is 0. The number of amides is 1. The minimum atomic E-state index is 0.0944. The molecular formula is C14H22N2O. The number of hydrogen-bond donors (Lipinski definition) is 2. The second-order valence-corrected chi connectivity index (χ2v) is 4.20. The van der Waals surface area contributed by atoms with Gasteiger partial charge in [0.15, 0.2) is 0 Å². The molecule has 1 aromatic carbocycles. The molecule has 0 saturated heterocycles. The summed E-state index contributed by atoms with van der Waals surface area (Å²) in [7, 11) is 1.85. The van der Waals surface area contributed by atoms with E-state index in [-0.39, 0.29) is 5.91 Å². The van der Waals surface area contributed by atoms with Gasteiger partial charge in [0.1, 0.15) is 0 Å². The van der Waals surface area contributed by atoms with E-state index in [0.717, 1.165) is 18.5 Å². The third kappa shape index (κ3) is 5.50. The summed E-state index contributed by atoms with van der Waals surface area (Å²) in [5, 5.41) is 5.86. The van der Waals surface area contributed by atoms with Gasteiger partial charge in [0.25, 0.3) is 0 Å². The third-order valence-corrected chi connectivity index (χ3v) is 2.65. The van der Waals surface area contributed by atoms with Gasteiger partial charge in [0, 0.05) is 19.5 Å². The van der Waals surface area contributed by atoms with E-state index in [0.29, 0.717) is 13.0 Å². The van der Waals surface area contributed by atoms with Crippen LogP contribution in [0.4, 0.5) is 0 Å². The first-order chi connectivity index (χ1) is 8.26. The normalized spacial score (nSPS) is 10.2. The first-order valence-corrected chi connectivity index (χ1v) is 6.25. The highest BCUT2D eigenvalue weighted by molar-refractivity contribution is 5.76. The zero-order valence-electron chi connectivity index (χ0n) is 10.8. The molecule has 0 atom stereocenters. The van der Waals surface area contributed by atoms with Crippen LogP contribution in [0.15, 0.2) is 24.3 Å². The molecule has 0 aliphatic rings. The third-order valence-electron chi connectivity index (χ3n) is 2.65. The zero-order valence-corrected chi connectivity index (χ0v) is 10.8. The predicted octanol–water partition coefficient (Wildman–Crippen LogP) is 1.86. The Morgan fingerprint density at radius 1 is 1.18 bits per heavy atom. The summed E-state index contributed by atoms with van der Waals surface area (Å²) in [6, 6.07) is 8.45. The van der Waals surface area contributed by atoms with E-state index in [1.54, 1.807) is 0 Å². The molecule has 94 valence electrons. The molecule has 0 heterocycles. The summed E-state index contributed by atoms with van der Waals surface area (Å²) in [6.45, 7) is 3.52. The molecule has 1 amide bonds. The van der Waals surface area contributed by atoms with Crippen LogP contribution >= 0.6 is 0 Å². The van der Waals surface area contributed by atoms with Gasteiger partial charge >= 0.3 is 0 Å². The van der Waals surface area contributed by atoms with E-state index in [4.69, 9.17) is 0 Å². The van der Waals surface area contributed by atoms with Crippen molar-refractivity contribution in [2.24, 2.45) is 0 Å². The van der Waals surface area contributed by atoms with Crippen LogP contribution in [0.5, 0.6) is 0 Å². The van der Waals surface area contributed by atoms with E-state index >= 15 is 0 Å². The van der Waals surface area contributed by atoms with E-state index < -0.39 is 0 Å². The second-order valence-electron chi connectivity index (χ2n) is 4.20. The van der Waals surface area contributed by atoms with Gasteiger partial charge < -0.3 is 10.6 Å². The molecule has 3 nitrogen and oxygen atoms in total. The minimum Gasteiger partial charge on any atom is -0.352 e. The van der Waals surface area contributed by atoms with Crippen molar-refractivity contribution in [3.05, 3.63) is 35.4 Å². The Balaban J connectivity index is 2.34. The van der Waals surface area contributed by atoms with Crippen LogP contribution in [-0.4, -0.2) is 19.5 Å². The molecule has 0 aliphatic carbocycles. The number of aryl methyl sites for hydroxylation is 1. The van der Waals surface area contributed by atoms with Gasteiger partial charge in [-0.1, -0.05) is 37.6 Å². The molecule has 2 N–H and O–H groups in total. The standard InChI is InChI=1S/C14H22N2O/c1-3-4-12-5-7-13(8-6-12)11-16-14(17)9-10-15-2/h5-8,15H,3-4,9-11H2,1-2H3,(H,16,17). The highest BCUT2D eigenvalue weighted by Gasteiger charge is 2.00. The van der Waals surface area contributed by atoms with E-state index in [1.165, 1.54) is 12.0 Å². The molecule has 0 saturated carbocycles. The smallest absolute Gasteiger partial charge is 0.221 e. The van der Waals surface area contributed by atoms with E-state index in [1.807, 2.05) is 7.05 Å². The number of nitrogens with one attached hydrogen (secondary N) is 2. The molecule has 0 aliphatic heterocycles. The van der Waals surface area contributed by atoms with Crippen LogP contribution in [0.3, 0.4) is 0 Å². The van der Waals surface area contributed by atoms with Gasteiger partial charge in [-0.15, -0.1) is 0 Å². The Hall–Kier alpha value is -1.35. The van der Waals surface area contributed by atoms with Crippen molar-refractivity contribution in [1.29, 1.82) is 0 Å². The SMILES string of the molecule is CCCc1ccc(CNC(=O)CCNC)cc1. The van der Waals surface area contributed by atoms with Crippen LogP contribution in [0.1, 0.15) is 30.9 Å². The molecule has 0 bridgehead atoms. The summed E-state index contributed by atoms with van der Waals surface area (Å²) in [4.78, 5) is 11.4. The van der Waals surface area contributed by atoms with Crippen LogP contribution in [0, 0.1) is 0 Å². The molecule has 0 fully saturated rings. The monoisotopic (exact) mass is 234 g/mol. The quantitative estimate of drug-likeness (QED) is 0.756. The van der Waals surface area contributed by atoms with Crippen molar-refractivity contribution in [1.82, 2.24) is 10.6 Å². The first kappa shape index (κ1) is 13.7. The molecule has 0 radical (unpaired) electrons. The van der Waals surface area contributed by atoms with Crippen LogP contribution in [-0.2, 0) is 17.8 Å². The van der Waals surface area contributed by atoms with Crippen molar-refractivity contribution in [2.45, 2.75) is 32.7 Å². The summed E-state index contributed by atoms with van der Waals surface area (Å²) >= 11 is 0. The molecule has 3 heteroatoms. The Labute approximate surface area is 104 Å². The maximum atomic E-state index is 11.4. The lowest BCUT2D eigenvalue weighted by molar-refractivity contribution is -0.121. The number of carbonyl (C=O) groups is 1. The topological polar surface area (TPSA) is 41.1 Å². The Morgan fingerprint density at radius 2 is 1.82 bits per heavy atom. The Bertz CT molecular complexity index is 333. The van der Waals surface area contributed by atoms with Crippen molar-refractivity contribution in [3.63, 3.8) is 0 Å². The first-order valence-electron chi connectivity index (χ1n) is 6.25. The fraction of sp³-hybridized carbons (Fsp3) is 0.500. The van der Waals surface area contributed by atoms with Gasteiger partial charge in [0.05, 0.1) is 0 Å². The van der Waals surface area contributed by atoms with Crippen LogP contribution in [0.2, 0.25) is 0 Å². The minimum absolute atomic E-state index is 0.0944. The zero-order chi connectivity index (χ0) is 12.5. The van der Waals surface area contributed by atoms with Gasteiger partial charge in [-0.25, -0.2) is 0 Å². The number of carbonyl (C=O) groups excluding carboxylic acids is 1. The molecule has 0 aromatic heterocycles. The predicted molar refractivity (Wildman–Crippen MR) is 70.8 cm³/mol. The van der Waals surface area contributed by atoms with Gasteiger partial charge in [-0.3, -0.25) is 4.79 Å². The van der Waals surface area contributed by atoms with Crippen molar-refractivity contribution in [3.8, 4) is 0 Å². The van der Waals surface area contributed by atoms with E-state index in [9.17, 15) is 4.79 Å². The molecule has 1 rings (SSSR count). The number of rotatable bonds is 7. The van der Waals surface area contributed by atoms with Crippen molar-refractivity contribution < 1.29 is 4.79 Å². The highest BCUT2D eigenvalue weighted by Crippen LogP contribution is 2.06. The molecule has 0 unspecified atom stereocenters. The van der Waals surface area contributed by atoms with Gasteiger partial charge in [-0.05, 0) is 24.6 Å². The second kappa shape index (κ2) is 7.85. The van der Waals surface area contributed by atoms with Gasteiger partial charge in [0.2, 0.25) is 5.91 Å². The maximum Gasteiger partial charge on any atom is 0.221 e. The average Bonchev–Trinajstić information content (AvgIpc) is 2.36. The van der Waals surface area contributed by atoms with E-state index in [2.05, 4.69) is 41.8 Å². The lowest BCUT2D eigenvalue weighted by atomic mass is 10.1. The van der Waals surface area contributed by atoms with Crippen LogP contribution < -0.4 is 10.6 Å². The summed E-state index contributed by atoms with van der Waals surface area (Å²) in [5.41, 5.74) is 2.51. The van der Waals surface area contributed by atoms with Crippen molar-refractivity contribution in [2.75, 3.05) is 13.6 Å². The lowest BCUT2D eigenvalue weighted by Crippen LogP contribution is -2.26. The average molecular weight is 234 g/mol. The Kier molecular flexibility index (Phi) is 6.33. The highest BCUT2D eigenvalue weighted by atomic mass is 16.1. The molecule has 0 spiro atoms. The molecule has 1 aromatic rings. The lowest BCUT2D eigenvalue weighted by Gasteiger charge is -2.06.